The minimum absolute atomic E-state index is 0.166. The molecule has 1 aliphatic rings. The summed E-state index contributed by atoms with van der Waals surface area (Å²) in [6.45, 7) is 0.688. The van der Waals surface area contributed by atoms with Gasteiger partial charge in [-0.15, -0.1) is 0 Å². The summed E-state index contributed by atoms with van der Waals surface area (Å²) in [7, 11) is 0. The van der Waals surface area contributed by atoms with Crippen LogP contribution < -0.4 is 10.6 Å². The lowest BCUT2D eigenvalue weighted by Crippen LogP contribution is -2.22. The summed E-state index contributed by atoms with van der Waals surface area (Å²) >= 11 is 0. The highest BCUT2D eigenvalue weighted by Crippen LogP contribution is 2.20. The molecular formula is C21H19N3O2. The number of fused-ring (bicyclic) bond motifs is 1. The number of nitrogens with zero attached hydrogens (tertiary/aromatic N) is 1. The number of benzene rings is 2. The van der Waals surface area contributed by atoms with Crippen molar-refractivity contribution in [3.8, 4) is 0 Å². The van der Waals surface area contributed by atoms with Gasteiger partial charge in [0.1, 0.15) is 0 Å². The maximum absolute atomic E-state index is 11.7. The van der Waals surface area contributed by atoms with Crippen molar-refractivity contribution in [2.75, 3.05) is 5.32 Å². The van der Waals surface area contributed by atoms with Gasteiger partial charge in [0, 0.05) is 30.2 Å². The third kappa shape index (κ3) is 3.42. The van der Waals surface area contributed by atoms with Crippen LogP contribution >= 0.6 is 0 Å². The molecule has 3 aromatic rings. The molecule has 130 valence electrons. The first-order chi connectivity index (χ1) is 12.7. The predicted octanol–water partition coefficient (Wildman–Crippen LogP) is 3.05. The SMILES string of the molecule is O=C1CC(Cc2ccc(NCc3cccc4cccnc34)cc2)C(=O)N1. The lowest BCUT2D eigenvalue weighted by molar-refractivity contribution is -0.125. The van der Waals surface area contributed by atoms with E-state index in [1.54, 1.807) is 0 Å². The Morgan fingerprint density at radius 2 is 1.85 bits per heavy atom. The lowest BCUT2D eigenvalue weighted by Gasteiger charge is -2.10. The Morgan fingerprint density at radius 1 is 1.04 bits per heavy atom. The zero-order valence-corrected chi connectivity index (χ0v) is 14.2. The maximum Gasteiger partial charge on any atom is 0.230 e. The minimum Gasteiger partial charge on any atom is -0.381 e. The molecule has 1 aromatic heterocycles. The van der Waals surface area contributed by atoms with Gasteiger partial charge in [0.15, 0.2) is 0 Å². The lowest BCUT2D eigenvalue weighted by atomic mass is 9.98. The van der Waals surface area contributed by atoms with Crippen LogP contribution in [-0.4, -0.2) is 16.8 Å². The zero-order valence-electron chi connectivity index (χ0n) is 14.2. The standard InChI is InChI=1S/C21H19N3O2/c25-19-12-17(21(26)24-19)11-14-6-8-18(9-7-14)23-13-16-4-1-3-15-5-2-10-22-20(15)16/h1-10,17,23H,11-13H2,(H,24,25,26). The molecule has 4 rings (SSSR count). The van der Waals surface area contributed by atoms with Gasteiger partial charge in [-0.05, 0) is 35.7 Å². The number of hydrogen-bond donors (Lipinski definition) is 2. The molecule has 1 unspecified atom stereocenters. The summed E-state index contributed by atoms with van der Waals surface area (Å²) in [6.07, 6.45) is 2.68. The topological polar surface area (TPSA) is 71.1 Å². The van der Waals surface area contributed by atoms with E-state index in [0.29, 0.717) is 13.0 Å². The van der Waals surface area contributed by atoms with Crippen molar-refractivity contribution in [1.29, 1.82) is 0 Å². The molecule has 0 bridgehead atoms. The van der Waals surface area contributed by atoms with Crippen molar-refractivity contribution in [2.24, 2.45) is 5.92 Å². The van der Waals surface area contributed by atoms with E-state index < -0.39 is 0 Å². The van der Waals surface area contributed by atoms with E-state index in [4.69, 9.17) is 0 Å². The summed E-state index contributed by atoms with van der Waals surface area (Å²) in [5.41, 5.74) is 4.22. The summed E-state index contributed by atoms with van der Waals surface area (Å²) < 4.78 is 0. The molecular weight excluding hydrogens is 326 g/mol. The molecule has 5 nitrogen and oxygen atoms in total. The summed E-state index contributed by atoms with van der Waals surface area (Å²) in [4.78, 5) is 27.4. The molecule has 2 amide bonds. The van der Waals surface area contributed by atoms with Crippen LogP contribution in [0.25, 0.3) is 10.9 Å². The van der Waals surface area contributed by atoms with Crippen molar-refractivity contribution in [1.82, 2.24) is 10.3 Å². The molecule has 1 aliphatic heterocycles. The number of hydrogen-bond acceptors (Lipinski definition) is 4. The highest BCUT2D eigenvalue weighted by molar-refractivity contribution is 6.03. The molecule has 0 aliphatic carbocycles. The Labute approximate surface area is 151 Å². The number of pyridine rings is 1. The molecule has 26 heavy (non-hydrogen) atoms. The van der Waals surface area contributed by atoms with Crippen LogP contribution in [-0.2, 0) is 22.6 Å². The molecule has 1 fully saturated rings. The zero-order chi connectivity index (χ0) is 17.9. The van der Waals surface area contributed by atoms with Crippen LogP contribution in [0.3, 0.4) is 0 Å². The number of anilines is 1. The van der Waals surface area contributed by atoms with Crippen LogP contribution in [0.1, 0.15) is 17.5 Å². The molecule has 2 aromatic carbocycles. The van der Waals surface area contributed by atoms with Crippen LogP contribution in [0.5, 0.6) is 0 Å². The number of rotatable bonds is 5. The first-order valence-electron chi connectivity index (χ1n) is 8.68. The van der Waals surface area contributed by atoms with E-state index in [1.165, 1.54) is 0 Å². The molecule has 0 radical (unpaired) electrons. The van der Waals surface area contributed by atoms with Crippen LogP contribution in [0.4, 0.5) is 5.69 Å². The number of nitrogens with one attached hydrogen (secondary N) is 2. The molecule has 0 spiro atoms. The van der Waals surface area contributed by atoms with Crippen LogP contribution in [0.15, 0.2) is 60.8 Å². The maximum atomic E-state index is 11.7. The summed E-state index contributed by atoms with van der Waals surface area (Å²) in [5.74, 6) is -0.592. The Morgan fingerprint density at radius 3 is 2.62 bits per heavy atom. The second-order valence-corrected chi connectivity index (χ2v) is 6.56. The summed E-state index contributed by atoms with van der Waals surface area (Å²) in [5, 5.41) is 6.90. The van der Waals surface area contributed by atoms with Gasteiger partial charge in [-0.1, -0.05) is 36.4 Å². The van der Waals surface area contributed by atoms with Gasteiger partial charge in [-0.2, -0.15) is 0 Å². The molecule has 1 atom stereocenters. The minimum atomic E-state index is -0.247. The largest absolute Gasteiger partial charge is 0.381 e. The van der Waals surface area contributed by atoms with Gasteiger partial charge in [0.25, 0.3) is 0 Å². The average molecular weight is 345 g/mol. The van der Waals surface area contributed by atoms with Gasteiger partial charge in [0.05, 0.1) is 11.4 Å². The number of carbonyl (C=O) groups is 2. The summed E-state index contributed by atoms with van der Waals surface area (Å²) in [6, 6.07) is 18.2. The number of amides is 2. The first-order valence-corrected chi connectivity index (χ1v) is 8.68. The van der Waals surface area contributed by atoms with Crippen LogP contribution in [0, 0.1) is 5.92 Å². The molecule has 2 N–H and O–H groups in total. The van der Waals surface area contributed by atoms with Gasteiger partial charge < -0.3 is 5.32 Å². The van der Waals surface area contributed by atoms with E-state index in [1.807, 2.05) is 42.6 Å². The smallest absolute Gasteiger partial charge is 0.230 e. The number of carbonyl (C=O) groups excluding carboxylic acids is 2. The molecule has 2 heterocycles. The third-order valence-corrected chi connectivity index (χ3v) is 4.70. The fourth-order valence-electron chi connectivity index (χ4n) is 3.32. The molecule has 5 heteroatoms. The van der Waals surface area contributed by atoms with E-state index in [0.717, 1.165) is 27.7 Å². The van der Waals surface area contributed by atoms with E-state index in [9.17, 15) is 9.59 Å². The fourth-order valence-corrected chi connectivity index (χ4v) is 3.32. The number of para-hydroxylation sites is 1. The average Bonchev–Trinajstić information content (AvgIpc) is 2.98. The monoisotopic (exact) mass is 345 g/mol. The highest BCUT2D eigenvalue weighted by Gasteiger charge is 2.30. The Bertz CT molecular complexity index is 961. The Hall–Kier alpha value is -3.21. The van der Waals surface area contributed by atoms with Crippen molar-refractivity contribution in [2.45, 2.75) is 19.4 Å². The fraction of sp³-hybridized carbons (Fsp3) is 0.190. The normalized spacial score (nSPS) is 16.7. The number of aromatic nitrogens is 1. The van der Waals surface area contributed by atoms with Gasteiger partial charge in [-0.25, -0.2) is 0 Å². The molecule has 1 saturated heterocycles. The quantitative estimate of drug-likeness (QED) is 0.697. The van der Waals surface area contributed by atoms with Crippen molar-refractivity contribution in [3.63, 3.8) is 0 Å². The van der Waals surface area contributed by atoms with E-state index in [2.05, 4.69) is 33.8 Å². The first kappa shape index (κ1) is 16.3. The van der Waals surface area contributed by atoms with Gasteiger partial charge >= 0.3 is 0 Å². The van der Waals surface area contributed by atoms with Crippen molar-refractivity contribution in [3.05, 3.63) is 71.9 Å². The van der Waals surface area contributed by atoms with Gasteiger partial charge in [-0.3, -0.25) is 19.9 Å². The van der Waals surface area contributed by atoms with Gasteiger partial charge in [0.2, 0.25) is 11.8 Å². The number of imide groups is 1. The van der Waals surface area contributed by atoms with Crippen LogP contribution in [0.2, 0.25) is 0 Å². The predicted molar refractivity (Wildman–Crippen MR) is 100 cm³/mol. The highest BCUT2D eigenvalue weighted by atomic mass is 16.2. The molecule has 0 saturated carbocycles. The Balaban J connectivity index is 1.41. The van der Waals surface area contributed by atoms with E-state index >= 15 is 0 Å². The van der Waals surface area contributed by atoms with Crippen molar-refractivity contribution < 1.29 is 9.59 Å². The second kappa shape index (κ2) is 6.96. The van der Waals surface area contributed by atoms with Crippen molar-refractivity contribution >= 4 is 28.4 Å². The van der Waals surface area contributed by atoms with E-state index in [-0.39, 0.29) is 24.2 Å². The third-order valence-electron chi connectivity index (χ3n) is 4.70. The Kier molecular flexibility index (Phi) is 4.35. The second-order valence-electron chi connectivity index (χ2n) is 6.56.